The van der Waals surface area contributed by atoms with Crippen LogP contribution in [0.25, 0.3) is 0 Å². The van der Waals surface area contributed by atoms with Gasteiger partial charge in [-0.05, 0) is 12.1 Å². The Morgan fingerprint density at radius 3 is 2.23 bits per heavy atom. The van der Waals surface area contributed by atoms with Gasteiger partial charge in [-0.15, -0.1) is 0 Å². The molecule has 0 bridgehead atoms. The highest BCUT2D eigenvalue weighted by Crippen LogP contribution is 2.32. The van der Waals surface area contributed by atoms with Crippen molar-refractivity contribution in [3.05, 3.63) is 27.7 Å². The van der Waals surface area contributed by atoms with Gasteiger partial charge in [0.2, 0.25) is 0 Å². The average Bonchev–Trinajstić information content (AvgIpc) is 2.12. The molecule has 3 N–H and O–H groups in total. The van der Waals surface area contributed by atoms with Gasteiger partial charge in [-0.3, -0.25) is 4.79 Å². The largest absolute Gasteiger partial charge is 0.505 e. The molecule has 0 aliphatic carbocycles. The number of halogens is 2. The molecule has 0 spiro atoms. The summed E-state index contributed by atoms with van der Waals surface area (Å²) < 4.78 is 0. The second-order valence-electron chi connectivity index (χ2n) is 2.42. The van der Waals surface area contributed by atoms with Gasteiger partial charge in [0.05, 0.1) is 16.6 Å². The molecule has 70 valence electrons. The Morgan fingerprint density at radius 2 is 1.85 bits per heavy atom. The molecule has 0 atom stereocenters. The first-order valence-electron chi connectivity index (χ1n) is 3.47. The molecule has 0 saturated carbocycles. The summed E-state index contributed by atoms with van der Waals surface area (Å²) in [5.41, 5.74) is 5.45. The number of nitrogens with two attached hydrogens (primary N) is 1. The summed E-state index contributed by atoms with van der Waals surface area (Å²) in [5.74, 6) is -0.499. The van der Waals surface area contributed by atoms with Crippen LogP contribution in [0.3, 0.4) is 0 Å². The average molecular weight is 220 g/mol. The molecule has 1 aromatic rings. The van der Waals surface area contributed by atoms with Crippen molar-refractivity contribution in [3.63, 3.8) is 0 Å². The number of benzene rings is 1. The molecular formula is C8H7Cl2NO2. The summed E-state index contributed by atoms with van der Waals surface area (Å²) in [7, 11) is 0. The molecule has 0 saturated heterocycles. The van der Waals surface area contributed by atoms with Gasteiger partial charge in [0.15, 0.2) is 11.5 Å². The van der Waals surface area contributed by atoms with E-state index in [0.717, 1.165) is 0 Å². The van der Waals surface area contributed by atoms with E-state index in [4.69, 9.17) is 28.9 Å². The topological polar surface area (TPSA) is 63.3 Å². The van der Waals surface area contributed by atoms with Crippen molar-refractivity contribution in [2.24, 2.45) is 5.73 Å². The van der Waals surface area contributed by atoms with Crippen LogP contribution < -0.4 is 5.73 Å². The summed E-state index contributed by atoms with van der Waals surface area (Å²) in [6.07, 6.45) is 0. The number of aromatic hydroxyl groups is 1. The fourth-order valence-electron chi connectivity index (χ4n) is 0.844. The minimum Gasteiger partial charge on any atom is -0.505 e. The lowest BCUT2D eigenvalue weighted by molar-refractivity contribution is 0.100. The number of rotatable bonds is 2. The van der Waals surface area contributed by atoms with Crippen molar-refractivity contribution in [2.75, 3.05) is 6.54 Å². The Hall–Kier alpha value is -0.770. The number of Topliss-reactive ketones (excluding diaryl/α,β-unsaturated/α-hetero) is 1. The number of hydrogen-bond acceptors (Lipinski definition) is 3. The smallest absolute Gasteiger partial charge is 0.176 e. The Kier molecular flexibility index (Phi) is 3.14. The zero-order valence-electron chi connectivity index (χ0n) is 6.55. The van der Waals surface area contributed by atoms with E-state index in [1.54, 1.807) is 0 Å². The van der Waals surface area contributed by atoms with E-state index >= 15 is 0 Å². The zero-order valence-corrected chi connectivity index (χ0v) is 8.06. The molecule has 0 aliphatic rings. The van der Waals surface area contributed by atoms with Crippen molar-refractivity contribution in [2.45, 2.75) is 0 Å². The molecule has 0 unspecified atom stereocenters. The molecular weight excluding hydrogens is 213 g/mol. The standard InChI is InChI=1S/C8H7Cl2NO2/c9-5-1-4(7(12)3-11)2-6(10)8(5)13/h1-2,13H,3,11H2. The van der Waals surface area contributed by atoms with Crippen molar-refractivity contribution in [1.82, 2.24) is 0 Å². The lowest BCUT2D eigenvalue weighted by atomic mass is 10.1. The molecule has 0 aliphatic heterocycles. The lowest BCUT2D eigenvalue weighted by Gasteiger charge is -2.02. The normalized spacial score (nSPS) is 10.1. The fraction of sp³-hybridized carbons (Fsp3) is 0.125. The van der Waals surface area contributed by atoms with E-state index < -0.39 is 0 Å². The number of phenols is 1. The van der Waals surface area contributed by atoms with Gasteiger partial charge >= 0.3 is 0 Å². The first kappa shape index (κ1) is 10.3. The third kappa shape index (κ3) is 2.12. The molecule has 0 aromatic heterocycles. The molecule has 0 heterocycles. The van der Waals surface area contributed by atoms with Gasteiger partial charge in [-0.25, -0.2) is 0 Å². The van der Waals surface area contributed by atoms with E-state index in [1.807, 2.05) is 0 Å². The molecule has 13 heavy (non-hydrogen) atoms. The second kappa shape index (κ2) is 3.96. The number of ketones is 1. The van der Waals surface area contributed by atoms with Crippen LogP contribution in [0.15, 0.2) is 12.1 Å². The summed E-state index contributed by atoms with van der Waals surface area (Å²) in [5, 5.41) is 9.27. The molecule has 1 aromatic carbocycles. The van der Waals surface area contributed by atoms with Gasteiger partial charge in [-0.2, -0.15) is 0 Å². The molecule has 5 heteroatoms. The Labute approximate surface area is 85.1 Å². The fourth-order valence-corrected chi connectivity index (χ4v) is 1.33. The van der Waals surface area contributed by atoms with Gasteiger partial charge in [-0.1, -0.05) is 23.2 Å². The van der Waals surface area contributed by atoms with Crippen LogP contribution >= 0.6 is 23.2 Å². The van der Waals surface area contributed by atoms with Crippen LogP contribution in [0, 0.1) is 0 Å². The summed E-state index contributed by atoms with van der Waals surface area (Å²) in [4.78, 5) is 11.1. The van der Waals surface area contributed by atoms with Crippen LogP contribution in [0.5, 0.6) is 5.75 Å². The maximum absolute atomic E-state index is 11.1. The molecule has 0 fully saturated rings. The predicted octanol–water partition coefficient (Wildman–Crippen LogP) is 1.84. The summed E-state index contributed by atoms with van der Waals surface area (Å²) >= 11 is 11.2. The summed E-state index contributed by atoms with van der Waals surface area (Å²) in [6.45, 7) is -0.114. The Morgan fingerprint density at radius 1 is 1.38 bits per heavy atom. The molecule has 3 nitrogen and oxygen atoms in total. The van der Waals surface area contributed by atoms with Crippen LogP contribution in [0.1, 0.15) is 10.4 Å². The second-order valence-corrected chi connectivity index (χ2v) is 3.23. The van der Waals surface area contributed by atoms with Crippen molar-refractivity contribution in [3.8, 4) is 5.75 Å². The third-order valence-electron chi connectivity index (χ3n) is 1.52. The SMILES string of the molecule is NCC(=O)c1cc(Cl)c(O)c(Cl)c1. The predicted molar refractivity (Wildman–Crippen MR) is 51.5 cm³/mol. The highest BCUT2D eigenvalue weighted by molar-refractivity contribution is 6.37. The third-order valence-corrected chi connectivity index (χ3v) is 2.10. The molecule has 0 radical (unpaired) electrons. The van der Waals surface area contributed by atoms with Gasteiger partial charge < -0.3 is 10.8 Å². The number of phenolic OH excluding ortho intramolecular Hbond substituents is 1. The molecule has 0 amide bonds. The highest BCUT2D eigenvalue weighted by atomic mass is 35.5. The first-order valence-corrected chi connectivity index (χ1v) is 4.23. The van der Waals surface area contributed by atoms with Crippen molar-refractivity contribution < 1.29 is 9.90 Å². The maximum Gasteiger partial charge on any atom is 0.176 e. The monoisotopic (exact) mass is 219 g/mol. The van der Waals surface area contributed by atoms with E-state index in [-0.39, 0.29) is 28.1 Å². The Balaban J connectivity index is 3.20. The highest BCUT2D eigenvalue weighted by Gasteiger charge is 2.10. The van der Waals surface area contributed by atoms with Crippen LogP contribution in [0.2, 0.25) is 10.0 Å². The number of carbonyl (C=O) groups is 1. The summed E-state index contributed by atoms with van der Waals surface area (Å²) in [6, 6.07) is 2.66. The lowest BCUT2D eigenvalue weighted by Crippen LogP contribution is -2.13. The van der Waals surface area contributed by atoms with E-state index in [9.17, 15) is 9.90 Å². The van der Waals surface area contributed by atoms with Gasteiger partial charge in [0, 0.05) is 5.56 Å². The van der Waals surface area contributed by atoms with Gasteiger partial charge in [0.1, 0.15) is 0 Å². The van der Waals surface area contributed by atoms with E-state index in [2.05, 4.69) is 0 Å². The van der Waals surface area contributed by atoms with Crippen LogP contribution in [-0.2, 0) is 0 Å². The Bertz CT molecular complexity index is 329. The quantitative estimate of drug-likeness (QED) is 0.747. The zero-order chi connectivity index (χ0) is 10.0. The molecule has 1 rings (SSSR count). The van der Waals surface area contributed by atoms with E-state index in [1.165, 1.54) is 12.1 Å². The minimum absolute atomic E-state index is 0.0456. The maximum atomic E-state index is 11.1. The minimum atomic E-state index is -0.274. The number of carbonyl (C=O) groups excluding carboxylic acids is 1. The van der Waals surface area contributed by atoms with Crippen molar-refractivity contribution >= 4 is 29.0 Å². The van der Waals surface area contributed by atoms with Crippen molar-refractivity contribution in [1.29, 1.82) is 0 Å². The van der Waals surface area contributed by atoms with Crippen LogP contribution in [-0.4, -0.2) is 17.4 Å². The number of hydrogen-bond donors (Lipinski definition) is 2. The van der Waals surface area contributed by atoms with Crippen LogP contribution in [0.4, 0.5) is 0 Å². The van der Waals surface area contributed by atoms with Gasteiger partial charge in [0.25, 0.3) is 0 Å². The van der Waals surface area contributed by atoms with E-state index in [0.29, 0.717) is 5.56 Å². The first-order chi connectivity index (χ1) is 6.06.